The SMILES string of the molecule is CCCNc1cc([N+](=O)[O-])cc(N(CCC#N)C(C)C)n1. The standard InChI is InChI=1S/C14H21N5O2/c1-4-7-16-13-9-12(19(20)21)10-14(17-13)18(11(2)3)8-5-6-15/h9-11H,4-5,7-8H2,1-3H3,(H,16,17). The first kappa shape index (κ1) is 16.7. The molecule has 1 N–H and O–H groups in total. The lowest BCUT2D eigenvalue weighted by atomic mass is 10.2. The Hall–Kier alpha value is -2.36. The molecular formula is C14H21N5O2. The Morgan fingerprint density at radius 3 is 2.76 bits per heavy atom. The monoisotopic (exact) mass is 291 g/mol. The number of pyridine rings is 1. The Balaban J connectivity index is 3.15. The fourth-order valence-corrected chi connectivity index (χ4v) is 1.91. The van der Waals surface area contributed by atoms with E-state index in [0.717, 1.165) is 6.42 Å². The minimum Gasteiger partial charge on any atom is -0.370 e. The first-order valence-electron chi connectivity index (χ1n) is 7.03. The van der Waals surface area contributed by atoms with Crippen LogP contribution in [0.3, 0.4) is 0 Å². The second-order valence-corrected chi connectivity index (χ2v) is 4.95. The molecule has 114 valence electrons. The zero-order valence-electron chi connectivity index (χ0n) is 12.7. The summed E-state index contributed by atoms with van der Waals surface area (Å²) in [7, 11) is 0. The number of nitrogens with zero attached hydrogens (tertiary/aromatic N) is 4. The van der Waals surface area contributed by atoms with Crippen molar-refractivity contribution in [3.63, 3.8) is 0 Å². The van der Waals surface area contributed by atoms with Gasteiger partial charge in [0.1, 0.15) is 11.6 Å². The normalized spacial score (nSPS) is 10.2. The van der Waals surface area contributed by atoms with E-state index >= 15 is 0 Å². The highest BCUT2D eigenvalue weighted by Gasteiger charge is 2.17. The molecular weight excluding hydrogens is 270 g/mol. The van der Waals surface area contributed by atoms with Crippen LogP contribution in [0.1, 0.15) is 33.6 Å². The Morgan fingerprint density at radius 1 is 1.52 bits per heavy atom. The Bertz CT molecular complexity index is 525. The largest absolute Gasteiger partial charge is 0.370 e. The topological polar surface area (TPSA) is 95.1 Å². The van der Waals surface area contributed by atoms with E-state index in [4.69, 9.17) is 5.26 Å². The van der Waals surface area contributed by atoms with Gasteiger partial charge >= 0.3 is 0 Å². The third kappa shape index (κ3) is 4.91. The molecule has 0 amide bonds. The highest BCUT2D eigenvalue weighted by Crippen LogP contribution is 2.24. The molecule has 0 atom stereocenters. The number of hydrogen-bond acceptors (Lipinski definition) is 6. The predicted octanol–water partition coefficient (Wildman–Crippen LogP) is 2.94. The average Bonchev–Trinajstić information content (AvgIpc) is 2.45. The van der Waals surface area contributed by atoms with Gasteiger partial charge in [0.25, 0.3) is 5.69 Å². The highest BCUT2D eigenvalue weighted by atomic mass is 16.6. The van der Waals surface area contributed by atoms with Gasteiger partial charge in [-0.05, 0) is 20.3 Å². The zero-order chi connectivity index (χ0) is 15.8. The van der Waals surface area contributed by atoms with Crippen molar-refractivity contribution in [3.05, 3.63) is 22.2 Å². The third-order valence-electron chi connectivity index (χ3n) is 2.95. The number of nitrogens with one attached hydrogen (secondary N) is 1. The van der Waals surface area contributed by atoms with Gasteiger partial charge in [-0.25, -0.2) is 4.98 Å². The van der Waals surface area contributed by atoms with Crippen molar-refractivity contribution in [2.45, 2.75) is 39.7 Å². The van der Waals surface area contributed by atoms with Gasteiger partial charge < -0.3 is 10.2 Å². The third-order valence-corrected chi connectivity index (χ3v) is 2.95. The van der Waals surface area contributed by atoms with Crippen LogP contribution in [0.5, 0.6) is 0 Å². The smallest absolute Gasteiger partial charge is 0.276 e. The molecule has 1 aromatic rings. The first-order chi connectivity index (χ1) is 9.99. The summed E-state index contributed by atoms with van der Waals surface area (Å²) in [6, 6.07) is 5.08. The Kier molecular flexibility index (Phi) is 6.40. The van der Waals surface area contributed by atoms with Crippen LogP contribution in [-0.2, 0) is 0 Å². The van der Waals surface area contributed by atoms with E-state index in [-0.39, 0.29) is 11.7 Å². The minimum atomic E-state index is -0.425. The van der Waals surface area contributed by atoms with Gasteiger partial charge in [-0.15, -0.1) is 0 Å². The Labute approximate surface area is 124 Å². The zero-order valence-corrected chi connectivity index (χ0v) is 12.7. The van der Waals surface area contributed by atoms with Gasteiger partial charge in [0.2, 0.25) is 0 Å². The lowest BCUT2D eigenvalue weighted by Gasteiger charge is -2.27. The van der Waals surface area contributed by atoms with E-state index in [1.807, 2.05) is 25.7 Å². The molecule has 1 aromatic heterocycles. The predicted molar refractivity (Wildman–Crippen MR) is 82.4 cm³/mol. The van der Waals surface area contributed by atoms with E-state index < -0.39 is 4.92 Å². The molecule has 0 aromatic carbocycles. The molecule has 0 saturated carbocycles. The van der Waals surface area contributed by atoms with Crippen molar-refractivity contribution >= 4 is 17.3 Å². The second kappa shape index (κ2) is 8.04. The van der Waals surface area contributed by atoms with Crippen LogP contribution in [-0.4, -0.2) is 29.0 Å². The lowest BCUT2D eigenvalue weighted by molar-refractivity contribution is -0.384. The van der Waals surface area contributed by atoms with Crippen LogP contribution in [0.15, 0.2) is 12.1 Å². The van der Waals surface area contributed by atoms with Crippen molar-refractivity contribution in [2.24, 2.45) is 0 Å². The average molecular weight is 291 g/mol. The van der Waals surface area contributed by atoms with E-state index in [2.05, 4.69) is 16.4 Å². The molecule has 1 rings (SSSR count). The molecule has 0 spiro atoms. The van der Waals surface area contributed by atoms with Crippen molar-refractivity contribution in [2.75, 3.05) is 23.3 Å². The number of nitriles is 1. The number of hydrogen-bond donors (Lipinski definition) is 1. The number of rotatable bonds is 8. The number of aromatic nitrogens is 1. The van der Waals surface area contributed by atoms with Crippen LogP contribution in [0.2, 0.25) is 0 Å². The summed E-state index contributed by atoms with van der Waals surface area (Å²) in [6.07, 6.45) is 1.25. The Morgan fingerprint density at radius 2 is 2.24 bits per heavy atom. The molecule has 7 nitrogen and oxygen atoms in total. The summed E-state index contributed by atoms with van der Waals surface area (Å²) >= 11 is 0. The number of nitro groups is 1. The molecule has 0 unspecified atom stereocenters. The van der Waals surface area contributed by atoms with Gasteiger partial charge in [0, 0.05) is 19.1 Å². The lowest BCUT2D eigenvalue weighted by Crippen LogP contribution is -2.32. The quantitative estimate of drug-likeness (QED) is 0.584. The maximum atomic E-state index is 11.1. The summed E-state index contributed by atoms with van der Waals surface area (Å²) in [4.78, 5) is 17.0. The van der Waals surface area contributed by atoms with Crippen molar-refractivity contribution in [3.8, 4) is 6.07 Å². The van der Waals surface area contributed by atoms with E-state index in [9.17, 15) is 10.1 Å². The first-order valence-corrected chi connectivity index (χ1v) is 7.03. The molecule has 0 bridgehead atoms. The minimum absolute atomic E-state index is 0.00112. The number of anilines is 2. The van der Waals surface area contributed by atoms with Gasteiger partial charge in [-0.2, -0.15) is 5.26 Å². The van der Waals surface area contributed by atoms with Crippen LogP contribution in [0.25, 0.3) is 0 Å². The summed E-state index contributed by atoms with van der Waals surface area (Å²) < 4.78 is 0. The van der Waals surface area contributed by atoms with Crippen molar-refractivity contribution in [1.29, 1.82) is 5.26 Å². The van der Waals surface area contributed by atoms with Crippen LogP contribution < -0.4 is 10.2 Å². The summed E-state index contributed by atoms with van der Waals surface area (Å²) in [6.45, 7) is 7.15. The highest BCUT2D eigenvalue weighted by molar-refractivity contribution is 5.56. The molecule has 21 heavy (non-hydrogen) atoms. The fraction of sp³-hybridized carbons (Fsp3) is 0.571. The molecule has 0 saturated heterocycles. The van der Waals surface area contributed by atoms with Crippen LogP contribution >= 0.6 is 0 Å². The van der Waals surface area contributed by atoms with Gasteiger partial charge in [-0.3, -0.25) is 10.1 Å². The maximum Gasteiger partial charge on any atom is 0.276 e. The van der Waals surface area contributed by atoms with E-state index in [0.29, 0.717) is 31.1 Å². The second-order valence-electron chi connectivity index (χ2n) is 4.95. The molecule has 0 fully saturated rings. The van der Waals surface area contributed by atoms with Crippen LogP contribution in [0.4, 0.5) is 17.3 Å². The van der Waals surface area contributed by atoms with Gasteiger partial charge in [0.05, 0.1) is 29.5 Å². The fourth-order valence-electron chi connectivity index (χ4n) is 1.91. The molecule has 0 radical (unpaired) electrons. The summed E-state index contributed by atoms with van der Waals surface area (Å²) in [5.41, 5.74) is 0.00112. The van der Waals surface area contributed by atoms with Crippen molar-refractivity contribution < 1.29 is 4.92 Å². The van der Waals surface area contributed by atoms with Gasteiger partial charge in [0.15, 0.2) is 0 Å². The summed E-state index contributed by atoms with van der Waals surface area (Å²) in [5, 5.41) is 22.9. The van der Waals surface area contributed by atoms with E-state index in [1.165, 1.54) is 12.1 Å². The molecule has 1 heterocycles. The molecule has 7 heteroatoms. The maximum absolute atomic E-state index is 11.1. The van der Waals surface area contributed by atoms with Gasteiger partial charge in [-0.1, -0.05) is 6.92 Å². The van der Waals surface area contributed by atoms with Crippen molar-refractivity contribution in [1.82, 2.24) is 4.98 Å². The molecule has 0 aliphatic carbocycles. The van der Waals surface area contributed by atoms with Crippen LogP contribution in [0, 0.1) is 21.4 Å². The van der Waals surface area contributed by atoms with E-state index in [1.54, 1.807) is 0 Å². The molecule has 0 aliphatic heterocycles. The molecule has 0 aliphatic rings. The summed E-state index contributed by atoms with van der Waals surface area (Å²) in [5.74, 6) is 1.01.